The molecule has 1 heterocycles. The third kappa shape index (κ3) is 3.90. The second-order valence-corrected chi connectivity index (χ2v) is 5.93. The molecule has 5 nitrogen and oxygen atoms in total. The minimum absolute atomic E-state index is 0.0740. The van der Waals surface area contributed by atoms with E-state index in [0.717, 1.165) is 28.3 Å². The molecule has 1 amide bonds. The summed E-state index contributed by atoms with van der Waals surface area (Å²) in [5.41, 5.74) is 2.59. The molecule has 1 aromatic heterocycles. The number of alkyl halides is 1. The number of fused-ring (bicyclic) bond motifs is 1. The van der Waals surface area contributed by atoms with Crippen LogP contribution in [0, 0.1) is 0 Å². The SMILES string of the molecule is CC(O)CC(C)N(Cc1cccc2nsnc12)C(=O)CCl. The van der Waals surface area contributed by atoms with Crippen LogP contribution in [-0.4, -0.2) is 42.7 Å². The van der Waals surface area contributed by atoms with Gasteiger partial charge in [-0.25, -0.2) is 0 Å². The number of hydrogen-bond acceptors (Lipinski definition) is 5. The van der Waals surface area contributed by atoms with Crippen molar-refractivity contribution in [3.05, 3.63) is 23.8 Å². The molecule has 7 heteroatoms. The Morgan fingerprint density at radius 2 is 2.19 bits per heavy atom. The Bertz CT molecular complexity index is 617. The number of amides is 1. The summed E-state index contributed by atoms with van der Waals surface area (Å²) in [7, 11) is 0. The van der Waals surface area contributed by atoms with Crippen LogP contribution in [-0.2, 0) is 11.3 Å². The second-order valence-electron chi connectivity index (χ2n) is 5.14. The Balaban J connectivity index is 2.26. The lowest BCUT2D eigenvalue weighted by molar-refractivity contribution is -0.131. The fraction of sp³-hybridized carbons (Fsp3) is 0.500. The van der Waals surface area contributed by atoms with Gasteiger partial charge < -0.3 is 10.0 Å². The van der Waals surface area contributed by atoms with Gasteiger partial charge in [0.05, 0.1) is 17.8 Å². The maximum atomic E-state index is 12.1. The number of carbonyl (C=O) groups is 1. The van der Waals surface area contributed by atoms with Crippen molar-refractivity contribution in [3.8, 4) is 0 Å². The van der Waals surface area contributed by atoms with Crippen molar-refractivity contribution in [1.82, 2.24) is 13.6 Å². The van der Waals surface area contributed by atoms with Gasteiger partial charge in [-0.1, -0.05) is 12.1 Å². The van der Waals surface area contributed by atoms with Crippen LogP contribution in [0.4, 0.5) is 0 Å². The number of nitrogens with zero attached hydrogens (tertiary/aromatic N) is 3. The van der Waals surface area contributed by atoms with Crippen LogP contribution in [0.5, 0.6) is 0 Å². The zero-order chi connectivity index (χ0) is 15.4. The van der Waals surface area contributed by atoms with E-state index >= 15 is 0 Å². The minimum Gasteiger partial charge on any atom is -0.393 e. The zero-order valence-corrected chi connectivity index (χ0v) is 13.6. The molecular formula is C14H18ClN3O2S. The van der Waals surface area contributed by atoms with Gasteiger partial charge in [-0.2, -0.15) is 8.75 Å². The molecular weight excluding hydrogens is 310 g/mol. The summed E-state index contributed by atoms with van der Waals surface area (Å²) in [5, 5.41) is 9.54. The number of aromatic nitrogens is 2. The molecule has 2 unspecified atom stereocenters. The normalized spacial score (nSPS) is 14.1. The van der Waals surface area contributed by atoms with Gasteiger partial charge >= 0.3 is 0 Å². The van der Waals surface area contributed by atoms with E-state index in [1.54, 1.807) is 11.8 Å². The topological polar surface area (TPSA) is 66.3 Å². The van der Waals surface area contributed by atoms with Crippen LogP contribution in [0.2, 0.25) is 0 Å². The Hall–Kier alpha value is -1.24. The van der Waals surface area contributed by atoms with Crippen LogP contribution in [0.25, 0.3) is 11.0 Å². The summed E-state index contributed by atoms with van der Waals surface area (Å²) in [6.45, 7) is 4.05. The fourth-order valence-corrected chi connectivity index (χ4v) is 3.08. The zero-order valence-electron chi connectivity index (χ0n) is 12.0. The van der Waals surface area contributed by atoms with E-state index in [-0.39, 0.29) is 17.8 Å². The first kappa shape index (κ1) is 16.1. The molecule has 0 aliphatic rings. The first-order valence-corrected chi connectivity index (χ1v) is 8.03. The molecule has 1 N–H and O–H groups in total. The second kappa shape index (κ2) is 7.15. The van der Waals surface area contributed by atoms with E-state index in [4.69, 9.17) is 11.6 Å². The maximum absolute atomic E-state index is 12.1. The summed E-state index contributed by atoms with van der Waals surface area (Å²) in [6.07, 6.45) is 0.0378. The highest BCUT2D eigenvalue weighted by Gasteiger charge is 2.22. The number of aliphatic hydroxyl groups is 1. The molecule has 0 radical (unpaired) electrons. The molecule has 2 aromatic rings. The monoisotopic (exact) mass is 327 g/mol. The van der Waals surface area contributed by atoms with Gasteiger partial charge in [0.25, 0.3) is 0 Å². The molecule has 0 bridgehead atoms. The summed E-state index contributed by atoms with van der Waals surface area (Å²) in [4.78, 5) is 13.8. The van der Waals surface area contributed by atoms with Crippen molar-refractivity contribution < 1.29 is 9.90 Å². The van der Waals surface area contributed by atoms with Crippen molar-refractivity contribution in [2.45, 2.75) is 39.0 Å². The molecule has 0 spiro atoms. The average molecular weight is 328 g/mol. The first-order valence-electron chi connectivity index (χ1n) is 6.76. The molecule has 0 saturated heterocycles. The van der Waals surface area contributed by atoms with E-state index in [1.807, 2.05) is 25.1 Å². The number of halogens is 1. The highest BCUT2D eigenvalue weighted by molar-refractivity contribution is 7.00. The molecule has 0 aliphatic heterocycles. The van der Waals surface area contributed by atoms with Gasteiger partial charge in [0.1, 0.15) is 16.9 Å². The van der Waals surface area contributed by atoms with Crippen LogP contribution in [0.1, 0.15) is 25.8 Å². The summed E-state index contributed by atoms with van der Waals surface area (Å²) >= 11 is 6.87. The lowest BCUT2D eigenvalue weighted by atomic mass is 10.1. The molecule has 2 rings (SSSR count). The molecule has 0 fully saturated rings. The molecule has 0 aliphatic carbocycles. The van der Waals surface area contributed by atoms with E-state index < -0.39 is 6.10 Å². The van der Waals surface area contributed by atoms with Gasteiger partial charge in [-0.15, -0.1) is 11.6 Å². The number of carbonyl (C=O) groups excluding carboxylic acids is 1. The molecule has 1 aromatic carbocycles. The third-order valence-corrected chi connectivity index (χ3v) is 4.13. The van der Waals surface area contributed by atoms with Gasteiger partial charge in [-0.05, 0) is 26.3 Å². The Morgan fingerprint density at radius 1 is 1.43 bits per heavy atom. The van der Waals surface area contributed by atoms with E-state index in [9.17, 15) is 9.90 Å². The van der Waals surface area contributed by atoms with Crippen molar-refractivity contribution in [2.75, 3.05) is 5.88 Å². The predicted octanol–water partition coefficient (Wildman–Crippen LogP) is 2.42. The summed E-state index contributed by atoms with van der Waals surface area (Å²) in [5.74, 6) is -0.222. The highest BCUT2D eigenvalue weighted by atomic mass is 35.5. The van der Waals surface area contributed by atoms with Gasteiger partial charge in [0.2, 0.25) is 5.91 Å². The fourth-order valence-electron chi connectivity index (χ4n) is 2.36. The number of hydrogen-bond donors (Lipinski definition) is 1. The lowest BCUT2D eigenvalue weighted by Crippen LogP contribution is -2.40. The Kier molecular flexibility index (Phi) is 5.50. The first-order chi connectivity index (χ1) is 10.0. The lowest BCUT2D eigenvalue weighted by Gasteiger charge is -2.29. The predicted molar refractivity (Wildman–Crippen MR) is 84.4 cm³/mol. The largest absolute Gasteiger partial charge is 0.393 e. The summed E-state index contributed by atoms with van der Waals surface area (Å²) in [6, 6.07) is 5.64. The summed E-state index contributed by atoms with van der Waals surface area (Å²) < 4.78 is 8.49. The molecule has 0 saturated carbocycles. The van der Waals surface area contributed by atoms with Crippen LogP contribution in [0.3, 0.4) is 0 Å². The third-order valence-electron chi connectivity index (χ3n) is 3.36. The van der Waals surface area contributed by atoms with Gasteiger partial charge in [0.15, 0.2) is 0 Å². The molecule has 2 atom stereocenters. The number of aliphatic hydroxyl groups excluding tert-OH is 1. The van der Waals surface area contributed by atoms with E-state index in [2.05, 4.69) is 8.75 Å². The van der Waals surface area contributed by atoms with Crippen molar-refractivity contribution in [1.29, 1.82) is 0 Å². The van der Waals surface area contributed by atoms with Crippen LogP contribution in [0.15, 0.2) is 18.2 Å². The van der Waals surface area contributed by atoms with Crippen molar-refractivity contribution >= 4 is 40.3 Å². The Labute approximate surface area is 132 Å². The maximum Gasteiger partial charge on any atom is 0.238 e. The van der Waals surface area contributed by atoms with E-state index in [1.165, 1.54) is 0 Å². The van der Waals surface area contributed by atoms with E-state index in [0.29, 0.717) is 13.0 Å². The molecule has 114 valence electrons. The average Bonchev–Trinajstić information content (AvgIpc) is 2.92. The smallest absolute Gasteiger partial charge is 0.238 e. The Morgan fingerprint density at radius 3 is 2.86 bits per heavy atom. The number of rotatable bonds is 6. The molecule has 21 heavy (non-hydrogen) atoms. The van der Waals surface area contributed by atoms with Gasteiger partial charge in [0, 0.05) is 18.2 Å². The van der Waals surface area contributed by atoms with Crippen LogP contribution < -0.4 is 0 Å². The van der Waals surface area contributed by atoms with Crippen molar-refractivity contribution in [3.63, 3.8) is 0 Å². The van der Waals surface area contributed by atoms with Gasteiger partial charge in [-0.3, -0.25) is 4.79 Å². The number of benzene rings is 1. The van der Waals surface area contributed by atoms with Crippen LogP contribution >= 0.6 is 23.3 Å². The standard InChI is InChI=1S/C14H18ClN3O2S/c1-9(6-10(2)19)18(13(20)7-15)8-11-4-3-5-12-14(11)17-21-16-12/h3-5,9-10,19H,6-8H2,1-2H3. The quantitative estimate of drug-likeness (QED) is 0.827. The highest BCUT2D eigenvalue weighted by Crippen LogP contribution is 2.20. The van der Waals surface area contributed by atoms with Crippen molar-refractivity contribution in [2.24, 2.45) is 0 Å². The minimum atomic E-state index is -0.470.